The fourth-order valence-electron chi connectivity index (χ4n) is 3.82. The Morgan fingerprint density at radius 2 is 1.52 bits per heavy atom. The molecule has 0 aliphatic carbocycles. The Morgan fingerprint density at radius 1 is 0.880 bits per heavy atom. The summed E-state index contributed by atoms with van der Waals surface area (Å²) in [6, 6.07) is 17.6. The summed E-state index contributed by atoms with van der Waals surface area (Å²) in [4.78, 5) is 4.81. The van der Waals surface area contributed by atoms with E-state index in [2.05, 4.69) is 100 Å². The molecule has 2 nitrogen and oxygen atoms in total. The summed E-state index contributed by atoms with van der Waals surface area (Å²) in [6.07, 6.45) is 0.252. The van der Waals surface area contributed by atoms with Gasteiger partial charge in [-0.2, -0.15) is 0 Å². The topological polar surface area (TPSA) is 6.48 Å². The quantitative estimate of drug-likeness (QED) is 0.614. The van der Waals surface area contributed by atoms with Gasteiger partial charge in [0.05, 0.1) is 5.70 Å². The Bertz CT molecular complexity index is 765. The number of rotatable bonds is 3. The summed E-state index contributed by atoms with van der Waals surface area (Å²) in [6.45, 7) is 8.97. The van der Waals surface area contributed by atoms with Crippen molar-refractivity contribution < 1.29 is 19.5 Å². The average molecular weight is 422 g/mol. The predicted molar refractivity (Wildman–Crippen MR) is 103 cm³/mol. The van der Waals surface area contributed by atoms with Crippen LogP contribution in [0.5, 0.6) is 0 Å². The summed E-state index contributed by atoms with van der Waals surface area (Å²) < 4.78 is 0. The first-order valence-electron chi connectivity index (χ1n) is 8.74. The zero-order valence-corrected chi connectivity index (χ0v) is 17.8. The van der Waals surface area contributed by atoms with E-state index >= 15 is 0 Å². The number of hydrogen-bond acceptors (Lipinski definition) is 2. The van der Waals surface area contributed by atoms with Crippen molar-refractivity contribution in [1.82, 2.24) is 9.80 Å². The fourth-order valence-corrected chi connectivity index (χ4v) is 3.82. The second-order valence-corrected chi connectivity index (χ2v) is 7.19. The molecule has 2 aromatic rings. The summed E-state index contributed by atoms with van der Waals surface area (Å²) in [7, 11) is 4.41. The molecule has 0 aromatic heterocycles. The number of benzene rings is 2. The number of allylic oxidation sites excluding steroid dienone is 1. The molecule has 1 unspecified atom stereocenters. The molecule has 1 atom stereocenters. The molecule has 25 heavy (non-hydrogen) atoms. The molecule has 0 saturated carbocycles. The van der Waals surface area contributed by atoms with Gasteiger partial charge in [0.1, 0.15) is 6.17 Å². The summed E-state index contributed by atoms with van der Waals surface area (Å²) in [5, 5.41) is 0. The van der Waals surface area contributed by atoms with E-state index < -0.39 is 0 Å². The van der Waals surface area contributed by atoms with Gasteiger partial charge in [0, 0.05) is 44.8 Å². The Morgan fingerprint density at radius 3 is 2.12 bits per heavy atom. The Kier molecular flexibility index (Phi) is 6.11. The van der Waals surface area contributed by atoms with Gasteiger partial charge in [-0.3, -0.25) is 0 Å². The van der Waals surface area contributed by atoms with Crippen molar-refractivity contribution in [2.24, 2.45) is 0 Å². The first kappa shape index (κ1) is 19.7. The molecule has 134 valence electrons. The third-order valence-electron chi connectivity index (χ3n) is 5.14. The third kappa shape index (κ3) is 3.53. The second-order valence-electron chi connectivity index (χ2n) is 7.19. The van der Waals surface area contributed by atoms with Crippen molar-refractivity contribution in [1.29, 1.82) is 0 Å². The standard InChI is InChI=1S/C22H28N2.Ru/c1-15(2)19-13-12-16(3)14-20(19)21-17(4)23(5)22(24(21)6)18-10-8-7-9-11-18;/h7-15,22H,1-6H3;. The van der Waals surface area contributed by atoms with Crippen LogP contribution in [-0.2, 0) is 19.5 Å². The van der Waals surface area contributed by atoms with Gasteiger partial charge in [0.15, 0.2) is 0 Å². The van der Waals surface area contributed by atoms with Crippen LogP contribution in [0.4, 0.5) is 0 Å². The molecule has 0 fully saturated rings. The average Bonchev–Trinajstić information content (AvgIpc) is 2.77. The second kappa shape index (κ2) is 7.74. The minimum absolute atomic E-state index is 0. The maximum atomic E-state index is 2.42. The summed E-state index contributed by atoms with van der Waals surface area (Å²) in [5.41, 5.74) is 8.11. The molecule has 1 aliphatic heterocycles. The zero-order chi connectivity index (χ0) is 17.4. The van der Waals surface area contributed by atoms with Crippen LogP contribution in [0.3, 0.4) is 0 Å². The minimum atomic E-state index is 0. The van der Waals surface area contributed by atoms with Crippen LogP contribution in [0, 0.1) is 6.92 Å². The van der Waals surface area contributed by atoms with Gasteiger partial charge in [-0.15, -0.1) is 0 Å². The molecule has 0 spiro atoms. The first-order valence-corrected chi connectivity index (χ1v) is 8.74. The monoisotopic (exact) mass is 422 g/mol. The Balaban J connectivity index is 0.00000225. The van der Waals surface area contributed by atoms with Crippen LogP contribution < -0.4 is 0 Å². The van der Waals surface area contributed by atoms with E-state index in [1.54, 1.807) is 0 Å². The predicted octanol–water partition coefficient (Wildman–Crippen LogP) is 5.38. The minimum Gasteiger partial charge on any atom is -0.352 e. The molecular formula is C22H28N2Ru. The molecule has 2 aromatic carbocycles. The van der Waals surface area contributed by atoms with E-state index in [0.717, 1.165) is 0 Å². The number of nitrogens with zero attached hydrogens (tertiary/aromatic N) is 2. The smallest absolute Gasteiger partial charge is 0.127 e. The van der Waals surface area contributed by atoms with Crippen molar-refractivity contribution in [2.75, 3.05) is 14.1 Å². The SMILES string of the molecule is CC1=C(c2cc(C)ccc2C(C)C)N(C)C(c2ccccc2)N1C.[Ru]. The first-order chi connectivity index (χ1) is 11.4. The van der Waals surface area contributed by atoms with E-state index in [9.17, 15) is 0 Å². The Hall–Kier alpha value is -1.60. The zero-order valence-electron chi connectivity index (χ0n) is 16.0. The number of aryl methyl sites for hydroxylation is 1. The van der Waals surface area contributed by atoms with Crippen molar-refractivity contribution >= 4 is 5.70 Å². The van der Waals surface area contributed by atoms with Crippen molar-refractivity contribution in [3.8, 4) is 0 Å². The molecule has 1 aliphatic rings. The van der Waals surface area contributed by atoms with Crippen molar-refractivity contribution in [2.45, 2.75) is 39.8 Å². The molecular weight excluding hydrogens is 393 g/mol. The molecule has 0 radical (unpaired) electrons. The van der Waals surface area contributed by atoms with Crippen LogP contribution >= 0.6 is 0 Å². The van der Waals surface area contributed by atoms with Gasteiger partial charge in [0.25, 0.3) is 0 Å². The molecule has 3 rings (SSSR count). The maximum absolute atomic E-state index is 2.42. The summed E-state index contributed by atoms with van der Waals surface area (Å²) in [5.74, 6) is 0.510. The van der Waals surface area contributed by atoms with Gasteiger partial charge < -0.3 is 9.80 Å². The largest absolute Gasteiger partial charge is 0.352 e. The van der Waals surface area contributed by atoms with Gasteiger partial charge in [-0.1, -0.05) is 61.9 Å². The van der Waals surface area contributed by atoms with Crippen LogP contribution in [0.1, 0.15) is 55.1 Å². The summed E-state index contributed by atoms with van der Waals surface area (Å²) >= 11 is 0. The van der Waals surface area contributed by atoms with Crippen molar-refractivity contribution in [3.63, 3.8) is 0 Å². The van der Waals surface area contributed by atoms with Gasteiger partial charge in [-0.05, 0) is 37.0 Å². The van der Waals surface area contributed by atoms with Crippen molar-refractivity contribution in [3.05, 3.63) is 76.5 Å². The van der Waals surface area contributed by atoms with E-state index in [0.29, 0.717) is 5.92 Å². The van der Waals surface area contributed by atoms with E-state index in [-0.39, 0.29) is 25.6 Å². The van der Waals surface area contributed by atoms with Crippen LogP contribution in [-0.4, -0.2) is 23.9 Å². The molecule has 3 heteroatoms. The Labute approximate surface area is 165 Å². The molecule has 1 heterocycles. The van der Waals surface area contributed by atoms with E-state index in [4.69, 9.17) is 0 Å². The van der Waals surface area contributed by atoms with Crippen LogP contribution in [0.25, 0.3) is 5.70 Å². The molecule has 0 bridgehead atoms. The fraction of sp³-hybridized carbons (Fsp3) is 0.364. The normalized spacial score (nSPS) is 17.3. The van der Waals surface area contributed by atoms with E-state index in [1.165, 1.54) is 33.6 Å². The molecule has 0 amide bonds. The van der Waals surface area contributed by atoms with Gasteiger partial charge >= 0.3 is 0 Å². The molecule has 0 saturated heterocycles. The van der Waals surface area contributed by atoms with E-state index in [1.807, 2.05) is 0 Å². The van der Waals surface area contributed by atoms with Crippen LogP contribution in [0.15, 0.2) is 54.2 Å². The van der Waals surface area contributed by atoms with Gasteiger partial charge in [-0.25, -0.2) is 0 Å². The van der Waals surface area contributed by atoms with Gasteiger partial charge in [0.2, 0.25) is 0 Å². The van der Waals surface area contributed by atoms with Crippen LogP contribution in [0.2, 0.25) is 0 Å². The number of hydrogen-bond donors (Lipinski definition) is 0. The maximum Gasteiger partial charge on any atom is 0.127 e. The molecule has 0 N–H and O–H groups in total. The third-order valence-corrected chi connectivity index (χ3v) is 5.14.